The molecule has 1 aliphatic rings. The number of aromatic nitrogens is 1. The van der Waals surface area contributed by atoms with Gasteiger partial charge in [0.15, 0.2) is 0 Å². The fraction of sp³-hybridized carbons (Fsp3) is 0.524. The van der Waals surface area contributed by atoms with E-state index in [0.717, 1.165) is 12.1 Å². The summed E-state index contributed by atoms with van der Waals surface area (Å²) in [5.41, 5.74) is 1.63. The van der Waals surface area contributed by atoms with Gasteiger partial charge in [0.1, 0.15) is 5.76 Å². The average Bonchev–Trinajstić information content (AvgIpc) is 2.85. The third kappa shape index (κ3) is 5.43. The first-order valence-corrected chi connectivity index (χ1v) is 9.74. The SMILES string of the molecule is Cc1oc(-c2ccccc2)nc1CC(=O)NCCNC1CCCCCC1. The summed E-state index contributed by atoms with van der Waals surface area (Å²) in [6.45, 7) is 3.33. The molecule has 0 radical (unpaired) electrons. The molecule has 2 aromatic rings. The molecule has 1 fully saturated rings. The van der Waals surface area contributed by atoms with E-state index in [2.05, 4.69) is 15.6 Å². The topological polar surface area (TPSA) is 67.2 Å². The summed E-state index contributed by atoms with van der Waals surface area (Å²) in [5.74, 6) is 1.26. The van der Waals surface area contributed by atoms with Crippen molar-refractivity contribution in [2.24, 2.45) is 0 Å². The van der Waals surface area contributed by atoms with Crippen LogP contribution in [0.5, 0.6) is 0 Å². The molecule has 0 spiro atoms. The van der Waals surface area contributed by atoms with Gasteiger partial charge in [0.25, 0.3) is 0 Å². The highest BCUT2D eigenvalue weighted by Crippen LogP contribution is 2.21. The van der Waals surface area contributed by atoms with Gasteiger partial charge in [-0.05, 0) is 31.9 Å². The second-order valence-corrected chi connectivity index (χ2v) is 7.06. The number of aryl methyl sites for hydroxylation is 1. The van der Waals surface area contributed by atoms with Crippen molar-refractivity contribution >= 4 is 5.91 Å². The lowest BCUT2D eigenvalue weighted by Gasteiger charge is -2.16. The van der Waals surface area contributed by atoms with Crippen LogP contribution < -0.4 is 10.6 Å². The first kappa shape index (κ1) is 18.6. The van der Waals surface area contributed by atoms with E-state index in [9.17, 15) is 4.79 Å². The number of nitrogens with zero attached hydrogens (tertiary/aromatic N) is 1. The molecule has 0 atom stereocenters. The van der Waals surface area contributed by atoms with Crippen molar-refractivity contribution in [2.45, 2.75) is 57.9 Å². The third-order valence-electron chi connectivity index (χ3n) is 4.98. The van der Waals surface area contributed by atoms with Gasteiger partial charge in [-0.3, -0.25) is 4.79 Å². The van der Waals surface area contributed by atoms with Gasteiger partial charge < -0.3 is 15.1 Å². The molecule has 1 amide bonds. The molecular formula is C21H29N3O2. The molecule has 140 valence electrons. The second-order valence-electron chi connectivity index (χ2n) is 7.06. The summed E-state index contributed by atoms with van der Waals surface area (Å²) in [5, 5.41) is 6.55. The Morgan fingerprint density at radius 3 is 2.58 bits per heavy atom. The zero-order valence-corrected chi connectivity index (χ0v) is 15.6. The van der Waals surface area contributed by atoms with E-state index >= 15 is 0 Å². The van der Waals surface area contributed by atoms with Crippen LogP contribution in [0.3, 0.4) is 0 Å². The largest absolute Gasteiger partial charge is 0.441 e. The zero-order chi connectivity index (χ0) is 18.2. The quantitative estimate of drug-likeness (QED) is 0.588. The molecule has 5 nitrogen and oxygen atoms in total. The Hall–Kier alpha value is -2.14. The van der Waals surface area contributed by atoms with Crippen LogP contribution in [0.25, 0.3) is 11.5 Å². The Kier molecular flexibility index (Phi) is 6.83. The van der Waals surface area contributed by atoms with Gasteiger partial charge in [0, 0.05) is 24.7 Å². The summed E-state index contributed by atoms with van der Waals surface area (Å²) in [6, 6.07) is 10.4. The molecule has 0 saturated heterocycles. The number of rotatable bonds is 7. The Labute approximate surface area is 155 Å². The lowest BCUT2D eigenvalue weighted by Crippen LogP contribution is -2.37. The maximum atomic E-state index is 12.2. The highest BCUT2D eigenvalue weighted by Gasteiger charge is 2.15. The van der Waals surface area contributed by atoms with E-state index < -0.39 is 0 Å². The van der Waals surface area contributed by atoms with Crippen molar-refractivity contribution < 1.29 is 9.21 Å². The van der Waals surface area contributed by atoms with Crippen LogP contribution in [-0.2, 0) is 11.2 Å². The van der Waals surface area contributed by atoms with Crippen LogP contribution in [0.4, 0.5) is 0 Å². The molecule has 1 heterocycles. The van der Waals surface area contributed by atoms with E-state index in [1.54, 1.807) is 0 Å². The number of amides is 1. The van der Waals surface area contributed by atoms with Crippen molar-refractivity contribution in [1.82, 2.24) is 15.6 Å². The molecule has 1 saturated carbocycles. The Morgan fingerprint density at radius 1 is 1.12 bits per heavy atom. The van der Waals surface area contributed by atoms with E-state index in [-0.39, 0.29) is 12.3 Å². The van der Waals surface area contributed by atoms with Crippen LogP contribution in [0.15, 0.2) is 34.7 Å². The van der Waals surface area contributed by atoms with Crippen LogP contribution in [0.2, 0.25) is 0 Å². The normalized spacial score (nSPS) is 15.6. The fourth-order valence-electron chi connectivity index (χ4n) is 3.47. The fourth-order valence-corrected chi connectivity index (χ4v) is 3.47. The number of carbonyl (C=O) groups is 1. The summed E-state index contributed by atoms with van der Waals surface area (Å²) < 4.78 is 5.71. The lowest BCUT2D eigenvalue weighted by atomic mass is 10.1. The molecule has 1 aliphatic carbocycles. The van der Waals surface area contributed by atoms with Gasteiger partial charge in [0.2, 0.25) is 11.8 Å². The Bertz CT molecular complexity index is 689. The number of hydrogen-bond donors (Lipinski definition) is 2. The van der Waals surface area contributed by atoms with Gasteiger partial charge in [0.05, 0.1) is 12.1 Å². The summed E-state index contributed by atoms with van der Waals surface area (Å²) >= 11 is 0. The van der Waals surface area contributed by atoms with Gasteiger partial charge >= 0.3 is 0 Å². The summed E-state index contributed by atoms with van der Waals surface area (Å²) in [4.78, 5) is 16.7. The van der Waals surface area contributed by atoms with Crippen LogP contribution in [-0.4, -0.2) is 30.0 Å². The molecule has 1 aromatic carbocycles. The monoisotopic (exact) mass is 355 g/mol. The maximum absolute atomic E-state index is 12.2. The molecule has 3 rings (SSSR count). The maximum Gasteiger partial charge on any atom is 0.226 e. The first-order valence-electron chi connectivity index (χ1n) is 9.74. The predicted octanol–water partition coefficient (Wildman–Crippen LogP) is 3.62. The molecule has 1 aromatic heterocycles. The minimum Gasteiger partial charge on any atom is -0.441 e. The van der Waals surface area contributed by atoms with Crippen molar-refractivity contribution in [3.05, 3.63) is 41.8 Å². The second kappa shape index (κ2) is 9.53. The average molecular weight is 355 g/mol. The standard InChI is InChI=1S/C21H29N3O2/c1-16-19(24-21(26-16)17-9-5-4-6-10-17)15-20(25)23-14-13-22-18-11-7-2-3-8-12-18/h4-6,9-10,18,22H,2-3,7-8,11-15H2,1H3,(H,23,25). The van der Waals surface area contributed by atoms with Crippen molar-refractivity contribution in [2.75, 3.05) is 13.1 Å². The number of carbonyl (C=O) groups excluding carboxylic acids is 1. The molecule has 0 unspecified atom stereocenters. The number of oxazole rings is 1. The van der Waals surface area contributed by atoms with E-state index in [4.69, 9.17) is 4.42 Å². The summed E-state index contributed by atoms with van der Waals surface area (Å²) in [6.07, 6.45) is 8.13. The van der Waals surface area contributed by atoms with E-state index in [1.165, 1.54) is 38.5 Å². The first-order chi connectivity index (χ1) is 12.7. The molecule has 5 heteroatoms. The smallest absolute Gasteiger partial charge is 0.226 e. The number of hydrogen-bond acceptors (Lipinski definition) is 4. The Morgan fingerprint density at radius 2 is 1.85 bits per heavy atom. The highest BCUT2D eigenvalue weighted by molar-refractivity contribution is 5.78. The van der Waals surface area contributed by atoms with Crippen molar-refractivity contribution in [1.29, 1.82) is 0 Å². The van der Waals surface area contributed by atoms with Crippen LogP contribution >= 0.6 is 0 Å². The van der Waals surface area contributed by atoms with E-state index in [1.807, 2.05) is 37.3 Å². The van der Waals surface area contributed by atoms with Crippen molar-refractivity contribution in [3.63, 3.8) is 0 Å². The van der Waals surface area contributed by atoms with Crippen LogP contribution in [0.1, 0.15) is 50.0 Å². The minimum absolute atomic E-state index is 0.0105. The van der Waals surface area contributed by atoms with Gasteiger partial charge in [-0.25, -0.2) is 4.98 Å². The minimum atomic E-state index is -0.0105. The van der Waals surface area contributed by atoms with Gasteiger partial charge in [-0.15, -0.1) is 0 Å². The molecule has 26 heavy (non-hydrogen) atoms. The van der Waals surface area contributed by atoms with Gasteiger partial charge in [-0.2, -0.15) is 0 Å². The molecular weight excluding hydrogens is 326 g/mol. The highest BCUT2D eigenvalue weighted by atomic mass is 16.4. The summed E-state index contributed by atoms with van der Waals surface area (Å²) in [7, 11) is 0. The molecule has 0 bridgehead atoms. The van der Waals surface area contributed by atoms with Crippen LogP contribution in [0, 0.1) is 6.92 Å². The predicted molar refractivity (Wildman–Crippen MR) is 103 cm³/mol. The van der Waals surface area contributed by atoms with Crippen molar-refractivity contribution in [3.8, 4) is 11.5 Å². The number of benzene rings is 1. The number of nitrogens with one attached hydrogen (secondary N) is 2. The third-order valence-corrected chi connectivity index (χ3v) is 4.98. The lowest BCUT2D eigenvalue weighted by molar-refractivity contribution is -0.120. The Balaban J connectivity index is 1.42. The zero-order valence-electron chi connectivity index (χ0n) is 15.6. The molecule has 0 aliphatic heterocycles. The van der Waals surface area contributed by atoms with E-state index in [0.29, 0.717) is 29.9 Å². The van der Waals surface area contributed by atoms with Gasteiger partial charge in [-0.1, -0.05) is 43.9 Å². The molecule has 2 N–H and O–H groups in total.